The van der Waals surface area contributed by atoms with E-state index in [2.05, 4.69) is 11.8 Å². The molecular weight excluding hydrogens is 373 g/mol. The van der Waals surface area contributed by atoms with E-state index < -0.39 is 0 Å². The Bertz CT molecular complexity index is 506. The van der Waals surface area contributed by atoms with Crippen molar-refractivity contribution in [1.82, 2.24) is 0 Å². The van der Waals surface area contributed by atoms with Crippen molar-refractivity contribution in [3.05, 3.63) is 33.8 Å². The molecule has 0 saturated carbocycles. The Morgan fingerprint density at radius 1 is 1.12 bits per heavy atom. The second-order valence-electron chi connectivity index (χ2n) is 5.17. The number of nitrogens with two attached hydrogens (primary N) is 1. The lowest BCUT2D eigenvalue weighted by Gasteiger charge is -2.15. The Morgan fingerprint density at radius 3 is 2.46 bits per heavy atom. The molecule has 0 saturated heterocycles. The number of aryl methyl sites for hydroxylation is 2. The van der Waals surface area contributed by atoms with Crippen molar-refractivity contribution in [3.63, 3.8) is 0 Å². The second-order valence-corrected chi connectivity index (χ2v) is 6.17. The van der Waals surface area contributed by atoms with E-state index in [1.54, 1.807) is 6.08 Å². The zero-order valence-corrected chi connectivity index (χ0v) is 16.5. The predicted molar refractivity (Wildman–Crippen MR) is 103 cm³/mol. The fraction of sp³-hybridized carbons (Fsp3) is 0.529. The first-order valence-corrected chi connectivity index (χ1v) is 8.56. The first-order chi connectivity index (χ1) is 11.1. The second kappa shape index (κ2) is 13.6. The molecule has 0 bridgehead atoms. The van der Waals surface area contributed by atoms with E-state index in [1.807, 2.05) is 19.1 Å². The molecule has 24 heavy (non-hydrogen) atoms. The molecule has 0 spiro atoms. The Balaban J connectivity index is 0.00000529. The van der Waals surface area contributed by atoms with Crippen LogP contribution in [0.4, 0.5) is 0 Å². The van der Waals surface area contributed by atoms with Gasteiger partial charge in [0.05, 0.1) is 13.2 Å². The molecule has 1 aromatic carbocycles. The summed E-state index contributed by atoms with van der Waals surface area (Å²) in [4.78, 5) is 4.55. The number of unbranched alkanes of at least 4 members (excludes halogenated alkanes) is 2. The van der Waals surface area contributed by atoms with Crippen LogP contribution in [0, 0.1) is 6.92 Å². The van der Waals surface area contributed by atoms with E-state index in [0.29, 0.717) is 19.8 Å². The smallest absolute Gasteiger partial charge is 0.125 e. The summed E-state index contributed by atoms with van der Waals surface area (Å²) < 4.78 is 11.8. The summed E-state index contributed by atoms with van der Waals surface area (Å²) in [6.45, 7) is 5.73. The summed E-state index contributed by atoms with van der Waals surface area (Å²) >= 11 is 11.1. The van der Waals surface area contributed by atoms with Crippen molar-refractivity contribution in [2.45, 2.75) is 39.5 Å². The first kappa shape index (κ1) is 23.4. The summed E-state index contributed by atoms with van der Waals surface area (Å²) in [5, 5.41) is 0. The molecule has 1 rings (SSSR count). The third-order valence-electron chi connectivity index (χ3n) is 3.35. The standard InChI is InChI=1S/C17H25Cl2NO3.ClH/c1-3-14-12-15(21-10-7-16(18)19)11-13(2)17(14)22-8-5-4-6-9-23-20;/h7,11-12H,3-6,8-10,20H2,1-2H3;1H. The maximum absolute atomic E-state index is 5.95. The van der Waals surface area contributed by atoms with Crippen LogP contribution in [0.5, 0.6) is 11.5 Å². The Labute approximate surface area is 160 Å². The summed E-state index contributed by atoms with van der Waals surface area (Å²) in [5.41, 5.74) is 2.19. The van der Waals surface area contributed by atoms with E-state index in [0.717, 1.165) is 48.3 Å². The quantitative estimate of drug-likeness (QED) is 0.415. The number of benzene rings is 1. The zero-order chi connectivity index (χ0) is 17.1. The maximum atomic E-state index is 5.95. The van der Waals surface area contributed by atoms with Crippen molar-refractivity contribution in [2.24, 2.45) is 5.90 Å². The summed E-state index contributed by atoms with van der Waals surface area (Å²) in [7, 11) is 0. The van der Waals surface area contributed by atoms with Crippen LogP contribution in [-0.2, 0) is 11.3 Å². The third kappa shape index (κ3) is 9.00. The van der Waals surface area contributed by atoms with Gasteiger partial charge in [-0.3, -0.25) is 0 Å². The van der Waals surface area contributed by atoms with Crippen LogP contribution in [-0.4, -0.2) is 19.8 Å². The van der Waals surface area contributed by atoms with Gasteiger partial charge in [-0.15, -0.1) is 12.4 Å². The number of hydrogen-bond acceptors (Lipinski definition) is 4. The maximum Gasteiger partial charge on any atom is 0.125 e. The van der Waals surface area contributed by atoms with Crippen LogP contribution in [0.1, 0.15) is 37.3 Å². The molecule has 0 atom stereocenters. The van der Waals surface area contributed by atoms with Gasteiger partial charge in [-0.2, -0.15) is 0 Å². The van der Waals surface area contributed by atoms with Crippen molar-refractivity contribution < 1.29 is 14.3 Å². The Morgan fingerprint density at radius 2 is 1.83 bits per heavy atom. The normalized spacial score (nSPS) is 10.0. The van der Waals surface area contributed by atoms with Gasteiger partial charge in [-0.25, -0.2) is 5.90 Å². The van der Waals surface area contributed by atoms with E-state index >= 15 is 0 Å². The fourth-order valence-electron chi connectivity index (χ4n) is 2.20. The molecule has 0 aliphatic rings. The van der Waals surface area contributed by atoms with Crippen LogP contribution in [0.2, 0.25) is 0 Å². The highest BCUT2D eigenvalue weighted by atomic mass is 35.5. The monoisotopic (exact) mass is 397 g/mol. The number of ether oxygens (including phenoxy) is 2. The molecule has 7 heteroatoms. The Kier molecular flexibility index (Phi) is 13.3. The summed E-state index contributed by atoms with van der Waals surface area (Å²) in [6.07, 6.45) is 5.44. The largest absolute Gasteiger partial charge is 0.493 e. The minimum atomic E-state index is 0. The highest BCUT2D eigenvalue weighted by Gasteiger charge is 2.09. The molecule has 0 fully saturated rings. The highest BCUT2D eigenvalue weighted by molar-refractivity contribution is 6.55. The van der Waals surface area contributed by atoms with Crippen LogP contribution in [0.15, 0.2) is 22.7 Å². The SMILES string of the molecule is CCc1cc(OCC=C(Cl)Cl)cc(C)c1OCCCCCON.Cl. The van der Waals surface area contributed by atoms with E-state index in [4.69, 9.17) is 38.6 Å². The molecule has 0 aliphatic heterocycles. The van der Waals surface area contributed by atoms with Crippen molar-refractivity contribution in [3.8, 4) is 11.5 Å². The molecule has 0 heterocycles. The van der Waals surface area contributed by atoms with Gasteiger partial charge in [0.1, 0.15) is 22.6 Å². The van der Waals surface area contributed by atoms with Crippen LogP contribution < -0.4 is 15.4 Å². The van der Waals surface area contributed by atoms with Gasteiger partial charge in [0.15, 0.2) is 0 Å². The molecule has 138 valence electrons. The fourth-order valence-corrected chi connectivity index (χ4v) is 2.33. The summed E-state index contributed by atoms with van der Waals surface area (Å²) in [5.74, 6) is 6.73. The lowest BCUT2D eigenvalue weighted by molar-refractivity contribution is 0.132. The topological polar surface area (TPSA) is 53.7 Å². The van der Waals surface area contributed by atoms with Crippen LogP contribution >= 0.6 is 35.6 Å². The zero-order valence-electron chi connectivity index (χ0n) is 14.1. The minimum absolute atomic E-state index is 0. The van der Waals surface area contributed by atoms with Crippen LogP contribution in [0.3, 0.4) is 0 Å². The average molecular weight is 399 g/mol. The molecule has 0 radical (unpaired) electrons. The van der Waals surface area contributed by atoms with Crippen molar-refractivity contribution in [1.29, 1.82) is 0 Å². The molecular formula is C17H26Cl3NO3. The van der Waals surface area contributed by atoms with Gasteiger partial charge in [-0.1, -0.05) is 30.1 Å². The molecule has 1 aromatic rings. The molecule has 0 aliphatic carbocycles. The summed E-state index contributed by atoms with van der Waals surface area (Å²) in [6, 6.07) is 3.97. The van der Waals surface area contributed by atoms with E-state index in [1.165, 1.54) is 0 Å². The lowest BCUT2D eigenvalue weighted by atomic mass is 10.1. The highest BCUT2D eigenvalue weighted by Crippen LogP contribution is 2.30. The van der Waals surface area contributed by atoms with Gasteiger partial charge < -0.3 is 14.3 Å². The van der Waals surface area contributed by atoms with E-state index in [-0.39, 0.29) is 16.9 Å². The van der Waals surface area contributed by atoms with Crippen LogP contribution in [0.25, 0.3) is 0 Å². The Hall–Kier alpha value is -0.650. The first-order valence-electron chi connectivity index (χ1n) is 7.80. The van der Waals surface area contributed by atoms with Gasteiger partial charge in [0.25, 0.3) is 0 Å². The molecule has 0 aromatic heterocycles. The molecule has 4 nitrogen and oxygen atoms in total. The lowest BCUT2D eigenvalue weighted by Crippen LogP contribution is -2.05. The average Bonchev–Trinajstić information content (AvgIpc) is 2.51. The van der Waals surface area contributed by atoms with E-state index in [9.17, 15) is 0 Å². The van der Waals surface area contributed by atoms with Gasteiger partial charge >= 0.3 is 0 Å². The number of hydrogen-bond donors (Lipinski definition) is 1. The number of halogens is 3. The molecule has 0 unspecified atom stereocenters. The van der Waals surface area contributed by atoms with Gasteiger partial charge in [-0.05, 0) is 61.9 Å². The third-order valence-corrected chi connectivity index (χ3v) is 3.66. The number of rotatable bonds is 11. The van der Waals surface area contributed by atoms with Crippen molar-refractivity contribution in [2.75, 3.05) is 19.8 Å². The van der Waals surface area contributed by atoms with Gasteiger partial charge in [0.2, 0.25) is 0 Å². The van der Waals surface area contributed by atoms with Crippen molar-refractivity contribution >= 4 is 35.6 Å². The van der Waals surface area contributed by atoms with Gasteiger partial charge in [0, 0.05) is 0 Å². The molecule has 0 amide bonds. The molecule has 2 N–H and O–H groups in total. The predicted octanol–water partition coefficient (Wildman–Crippen LogP) is 5.12. The minimum Gasteiger partial charge on any atom is -0.493 e.